The lowest BCUT2D eigenvalue weighted by atomic mass is 10.3. The molecule has 0 atom stereocenters. The minimum atomic E-state index is 0.652. The molecule has 0 aliphatic carbocycles. The first-order valence-electron chi connectivity index (χ1n) is 7.01. The van der Waals surface area contributed by atoms with Crippen molar-refractivity contribution in [2.75, 3.05) is 58.1 Å². The minimum Gasteiger partial charge on any atom is -0.383 e. The van der Waals surface area contributed by atoms with Gasteiger partial charge in [0.15, 0.2) is 0 Å². The number of methoxy groups -OCH3 is 1. The number of aromatic nitrogens is 2. The maximum absolute atomic E-state index is 5.08. The number of nitrogens with one attached hydrogen (secondary N) is 2. The molecular weight excluding hydrogens is 286 g/mol. The Labute approximate surface area is 129 Å². The molecule has 0 amide bonds. The molecule has 0 spiro atoms. The van der Waals surface area contributed by atoms with Crippen LogP contribution < -0.4 is 10.6 Å². The Bertz CT molecular complexity index is 586. The van der Waals surface area contributed by atoms with Crippen LogP contribution in [-0.4, -0.2) is 62.3 Å². The summed E-state index contributed by atoms with van der Waals surface area (Å²) >= 11 is 1.69. The molecule has 7 heteroatoms. The molecular formula is C14H23N5OS. The highest BCUT2D eigenvalue weighted by molar-refractivity contribution is 7.18. The number of hydrogen-bond donors (Lipinski definition) is 2. The highest BCUT2D eigenvalue weighted by Gasteiger charge is 2.10. The fraction of sp³-hybridized carbons (Fsp3) is 0.571. The van der Waals surface area contributed by atoms with Gasteiger partial charge in [-0.15, -0.1) is 11.3 Å². The number of nitrogens with zero attached hydrogens (tertiary/aromatic N) is 3. The number of likely N-dealkylation sites (N-methyl/N-ethyl adjacent to an activating group) is 1. The molecule has 0 radical (unpaired) electrons. The van der Waals surface area contributed by atoms with E-state index in [1.165, 1.54) is 4.88 Å². The second-order valence-corrected chi connectivity index (χ2v) is 6.18. The van der Waals surface area contributed by atoms with Crippen LogP contribution in [0.1, 0.15) is 4.88 Å². The van der Waals surface area contributed by atoms with E-state index in [4.69, 9.17) is 4.74 Å². The number of thiophene rings is 1. The third-order valence-corrected chi connectivity index (χ3v) is 4.15. The van der Waals surface area contributed by atoms with Crippen LogP contribution in [-0.2, 0) is 4.74 Å². The number of aryl methyl sites for hydroxylation is 1. The molecule has 0 aliphatic heterocycles. The SMILES string of the molecule is CNc1nc(NCCN(C)CCOC)c2cc(C)sc2n1. The van der Waals surface area contributed by atoms with Crippen LogP contribution in [0.15, 0.2) is 6.07 Å². The van der Waals surface area contributed by atoms with E-state index in [2.05, 4.69) is 45.5 Å². The summed E-state index contributed by atoms with van der Waals surface area (Å²) in [5.41, 5.74) is 0. The Hall–Kier alpha value is -1.44. The highest BCUT2D eigenvalue weighted by atomic mass is 32.1. The van der Waals surface area contributed by atoms with Gasteiger partial charge in [0.25, 0.3) is 0 Å². The van der Waals surface area contributed by atoms with Crippen LogP contribution in [0.2, 0.25) is 0 Å². The predicted molar refractivity (Wildman–Crippen MR) is 89.6 cm³/mol. The third kappa shape index (κ3) is 4.26. The lowest BCUT2D eigenvalue weighted by Crippen LogP contribution is -2.28. The molecule has 0 aliphatic rings. The Balaban J connectivity index is 2.03. The smallest absolute Gasteiger partial charge is 0.225 e. The van der Waals surface area contributed by atoms with Crippen LogP contribution in [0, 0.1) is 6.92 Å². The van der Waals surface area contributed by atoms with Crippen LogP contribution >= 0.6 is 11.3 Å². The molecule has 116 valence electrons. The number of anilines is 2. The van der Waals surface area contributed by atoms with E-state index < -0.39 is 0 Å². The van der Waals surface area contributed by atoms with Gasteiger partial charge in [0, 0.05) is 38.7 Å². The van der Waals surface area contributed by atoms with Crippen LogP contribution in [0.3, 0.4) is 0 Å². The van der Waals surface area contributed by atoms with Crippen LogP contribution in [0.25, 0.3) is 10.2 Å². The summed E-state index contributed by atoms with van der Waals surface area (Å²) in [6, 6.07) is 2.14. The third-order valence-electron chi connectivity index (χ3n) is 3.20. The largest absolute Gasteiger partial charge is 0.383 e. The van der Waals surface area contributed by atoms with E-state index in [0.29, 0.717) is 5.95 Å². The van der Waals surface area contributed by atoms with Gasteiger partial charge in [0.2, 0.25) is 5.95 Å². The predicted octanol–water partition coefficient (Wildman–Crippen LogP) is 2.03. The molecule has 0 unspecified atom stereocenters. The van der Waals surface area contributed by atoms with Crippen molar-refractivity contribution in [2.45, 2.75) is 6.92 Å². The van der Waals surface area contributed by atoms with Gasteiger partial charge in [-0.2, -0.15) is 4.98 Å². The van der Waals surface area contributed by atoms with Gasteiger partial charge in [-0.25, -0.2) is 4.98 Å². The van der Waals surface area contributed by atoms with Gasteiger partial charge in [-0.1, -0.05) is 0 Å². The molecule has 0 saturated carbocycles. The molecule has 6 nitrogen and oxygen atoms in total. The van der Waals surface area contributed by atoms with Gasteiger partial charge < -0.3 is 20.3 Å². The highest BCUT2D eigenvalue weighted by Crippen LogP contribution is 2.29. The molecule has 0 fully saturated rings. The summed E-state index contributed by atoms with van der Waals surface area (Å²) in [6.07, 6.45) is 0. The van der Waals surface area contributed by atoms with Crippen molar-refractivity contribution in [3.05, 3.63) is 10.9 Å². The Kier molecular flexibility index (Phi) is 5.72. The summed E-state index contributed by atoms with van der Waals surface area (Å²) in [7, 11) is 5.65. The normalized spacial score (nSPS) is 11.3. The molecule has 2 N–H and O–H groups in total. The molecule has 2 aromatic heterocycles. The van der Waals surface area contributed by atoms with E-state index >= 15 is 0 Å². The van der Waals surface area contributed by atoms with Crippen molar-refractivity contribution in [3.63, 3.8) is 0 Å². The molecule has 0 saturated heterocycles. The zero-order valence-electron chi connectivity index (χ0n) is 13.1. The number of rotatable bonds is 8. The first kappa shape index (κ1) is 15.9. The quantitative estimate of drug-likeness (QED) is 0.778. The summed E-state index contributed by atoms with van der Waals surface area (Å²) in [5.74, 6) is 1.55. The van der Waals surface area contributed by atoms with Gasteiger partial charge in [-0.05, 0) is 20.0 Å². The Morgan fingerprint density at radius 2 is 2.14 bits per heavy atom. The summed E-state index contributed by atoms with van der Waals surface area (Å²) in [5, 5.41) is 7.52. The molecule has 2 aromatic rings. The summed E-state index contributed by atoms with van der Waals surface area (Å²) < 4.78 is 5.08. The van der Waals surface area contributed by atoms with E-state index in [9.17, 15) is 0 Å². The zero-order valence-corrected chi connectivity index (χ0v) is 13.9. The first-order chi connectivity index (χ1) is 10.1. The van der Waals surface area contributed by atoms with Gasteiger partial charge in [-0.3, -0.25) is 0 Å². The molecule has 21 heavy (non-hydrogen) atoms. The monoisotopic (exact) mass is 309 g/mol. The number of ether oxygens (including phenoxy) is 1. The van der Waals surface area contributed by atoms with Crippen LogP contribution in [0.5, 0.6) is 0 Å². The zero-order chi connectivity index (χ0) is 15.2. The number of hydrogen-bond acceptors (Lipinski definition) is 7. The summed E-state index contributed by atoms with van der Waals surface area (Å²) in [4.78, 5) is 13.5. The van der Waals surface area contributed by atoms with Crippen molar-refractivity contribution < 1.29 is 4.74 Å². The maximum Gasteiger partial charge on any atom is 0.225 e. The van der Waals surface area contributed by atoms with Crippen molar-refractivity contribution in [1.82, 2.24) is 14.9 Å². The van der Waals surface area contributed by atoms with E-state index in [1.807, 2.05) is 7.05 Å². The fourth-order valence-corrected chi connectivity index (χ4v) is 2.89. The van der Waals surface area contributed by atoms with Crippen molar-refractivity contribution in [1.29, 1.82) is 0 Å². The lowest BCUT2D eigenvalue weighted by Gasteiger charge is -2.16. The summed E-state index contributed by atoms with van der Waals surface area (Å²) in [6.45, 7) is 5.55. The average molecular weight is 309 g/mol. The molecule has 0 aromatic carbocycles. The van der Waals surface area contributed by atoms with E-state index in [0.717, 1.165) is 42.3 Å². The molecule has 0 bridgehead atoms. The molecule has 2 rings (SSSR count). The van der Waals surface area contributed by atoms with Gasteiger partial charge in [0.1, 0.15) is 10.6 Å². The van der Waals surface area contributed by atoms with Crippen LogP contribution in [0.4, 0.5) is 11.8 Å². The standard InChI is InChI=1S/C14H23N5OS/c1-10-9-11-12(16-5-6-19(3)7-8-20-4)17-14(15-2)18-13(11)21-10/h9H,5-8H2,1-4H3,(H2,15,16,17,18). The second kappa shape index (κ2) is 7.53. The van der Waals surface area contributed by atoms with Gasteiger partial charge in [0.05, 0.1) is 12.0 Å². The minimum absolute atomic E-state index is 0.652. The lowest BCUT2D eigenvalue weighted by molar-refractivity contribution is 0.163. The topological polar surface area (TPSA) is 62.3 Å². The molecule has 2 heterocycles. The van der Waals surface area contributed by atoms with Crippen molar-refractivity contribution >= 4 is 33.3 Å². The Morgan fingerprint density at radius 3 is 2.86 bits per heavy atom. The first-order valence-corrected chi connectivity index (χ1v) is 7.83. The van der Waals surface area contributed by atoms with Crippen molar-refractivity contribution in [2.24, 2.45) is 0 Å². The van der Waals surface area contributed by atoms with Gasteiger partial charge >= 0.3 is 0 Å². The fourth-order valence-electron chi connectivity index (χ4n) is 2.01. The Morgan fingerprint density at radius 1 is 1.33 bits per heavy atom. The average Bonchev–Trinajstić information content (AvgIpc) is 2.85. The van der Waals surface area contributed by atoms with E-state index in [-0.39, 0.29) is 0 Å². The van der Waals surface area contributed by atoms with E-state index in [1.54, 1.807) is 18.4 Å². The number of fused-ring (bicyclic) bond motifs is 1. The van der Waals surface area contributed by atoms with Crippen molar-refractivity contribution in [3.8, 4) is 0 Å². The second-order valence-electron chi connectivity index (χ2n) is 4.94. The maximum atomic E-state index is 5.08.